The fourth-order valence-electron chi connectivity index (χ4n) is 4.49. The van der Waals surface area contributed by atoms with Crippen molar-refractivity contribution in [3.63, 3.8) is 0 Å². The lowest BCUT2D eigenvalue weighted by Gasteiger charge is -2.38. The smallest absolute Gasteiger partial charge is 0.213 e. The van der Waals surface area contributed by atoms with Crippen LogP contribution in [0.25, 0.3) is 0 Å². The second-order valence-corrected chi connectivity index (χ2v) is 8.55. The largest absolute Gasteiger partial charge is 0.493 e. The summed E-state index contributed by atoms with van der Waals surface area (Å²) in [6, 6.07) is 23.1. The molecular weight excluding hydrogens is 400 g/mol. The summed E-state index contributed by atoms with van der Waals surface area (Å²) in [5.74, 6) is 2.83. The minimum Gasteiger partial charge on any atom is -0.493 e. The number of fused-ring (bicyclic) bond motifs is 3. The molecule has 5 rings (SSSR count). The number of hydrogen-bond donors (Lipinski definition) is 0. The Labute approximate surface area is 189 Å². The van der Waals surface area contributed by atoms with E-state index in [2.05, 4.69) is 61.3 Å². The molecule has 0 saturated carbocycles. The average molecular weight is 429 g/mol. The van der Waals surface area contributed by atoms with Crippen LogP contribution in [0.15, 0.2) is 71.8 Å². The lowest BCUT2D eigenvalue weighted by molar-refractivity contribution is -0.0190. The molecule has 0 spiro atoms. The van der Waals surface area contributed by atoms with Gasteiger partial charge in [-0.2, -0.15) is 5.10 Å². The predicted octanol–water partition coefficient (Wildman–Crippen LogP) is 6.07. The van der Waals surface area contributed by atoms with Gasteiger partial charge in [0, 0.05) is 23.1 Å². The highest BCUT2D eigenvalue weighted by Gasteiger charge is 2.40. The van der Waals surface area contributed by atoms with E-state index >= 15 is 0 Å². The van der Waals surface area contributed by atoms with Gasteiger partial charge in [-0.05, 0) is 35.7 Å². The standard InChI is InChI=1S/C27H28N2O3/c1-17(2)18-9-11-19(12-10-18)27-29-23(21-7-5-6-8-24(21)32-27)16-22(28-29)20-13-14-25(30-3)26(15-20)31-4/h5-15,17,23,27H,16H2,1-4H3/t23-,27-/m1/s1. The molecule has 2 heterocycles. The number of para-hydroxylation sites is 1. The van der Waals surface area contributed by atoms with Crippen LogP contribution >= 0.6 is 0 Å². The van der Waals surface area contributed by atoms with Crippen LogP contribution in [0.4, 0.5) is 0 Å². The Morgan fingerprint density at radius 1 is 0.938 bits per heavy atom. The molecule has 0 fully saturated rings. The van der Waals surface area contributed by atoms with Crippen molar-refractivity contribution in [3.05, 3.63) is 89.0 Å². The molecule has 5 heteroatoms. The van der Waals surface area contributed by atoms with Gasteiger partial charge in [-0.15, -0.1) is 0 Å². The summed E-state index contributed by atoms with van der Waals surface area (Å²) in [5, 5.41) is 7.16. The van der Waals surface area contributed by atoms with Gasteiger partial charge >= 0.3 is 0 Å². The van der Waals surface area contributed by atoms with Crippen LogP contribution in [0, 0.1) is 0 Å². The van der Waals surface area contributed by atoms with Crippen LogP contribution in [-0.2, 0) is 0 Å². The van der Waals surface area contributed by atoms with E-state index in [0.717, 1.165) is 29.0 Å². The minimum absolute atomic E-state index is 0.123. The Morgan fingerprint density at radius 2 is 1.69 bits per heavy atom. The molecule has 0 aliphatic carbocycles. The van der Waals surface area contributed by atoms with E-state index in [1.807, 2.05) is 24.3 Å². The minimum atomic E-state index is -0.270. The lowest BCUT2D eigenvalue weighted by atomic mass is 9.95. The molecule has 2 atom stereocenters. The molecule has 3 aromatic rings. The summed E-state index contributed by atoms with van der Waals surface area (Å²) >= 11 is 0. The quantitative estimate of drug-likeness (QED) is 0.495. The number of hydrazone groups is 1. The molecule has 0 aromatic heterocycles. The fourth-order valence-corrected chi connectivity index (χ4v) is 4.49. The maximum atomic E-state index is 6.47. The zero-order valence-corrected chi connectivity index (χ0v) is 18.9. The Kier molecular flexibility index (Phi) is 5.25. The van der Waals surface area contributed by atoms with Crippen molar-refractivity contribution in [1.82, 2.24) is 5.01 Å². The first kappa shape index (κ1) is 20.4. The molecule has 0 unspecified atom stereocenters. The molecule has 0 amide bonds. The molecule has 0 N–H and O–H groups in total. The number of hydrogen-bond acceptors (Lipinski definition) is 5. The molecule has 2 aliphatic heterocycles. The van der Waals surface area contributed by atoms with Crippen LogP contribution in [0.5, 0.6) is 17.2 Å². The van der Waals surface area contributed by atoms with Crippen molar-refractivity contribution >= 4 is 5.71 Å². The van der Waals surface area contributed by atoms with E-state index < -0.39 is 0 Å². The number of methoxy groups -OCH3 is 2. The third-order valence-corrected chi connectivity index (χ3v) is 6.30. The second kappa shape index (κ2) is 8.23. The fraction of sp³-hybridized carbons (Fsp3) is 0.296. The van der Waals surface area contributed by atoms with Crippen LogP contribution < -0.4 is 14.2 Å². The van der Waals surface area contributed by atoms with Crippen molar-refractivity contribution in [2.24, 2.45) is 5.10 Å². The molecular formula is C27H28N2O3. The molecule has 0 saturated heterocycles. The van der Waals surface area contributed by atoms with Gasteiger partial charge in [0.05, 0.1) is 26.0 Å². The van der Waals surface area contributed by atoms with Crippen LogP contribution in [-0.4, -0.2) is 24.9 Å². The Hall–Kier alpha value is -3.47. The van der Waals surface area contributed by atoms with E-state index in [0.29, 0.717) is 17.4 Å². The van der Waals surface area contributed by atoms with E-state index in [4.69, 9.17) is 19.3 Å². The molecule has 5 nitrogen and oxygen atoms in total. The van der Waals surface area contributed by atoms with Crippen LogP contribution in [0.3, 0.4) is 0 Å². The monoisotopic (exact) mass is 428 g/mol. The second-order valence-electron chi connectivity index (χ2n) is 8.55. The highest BCUT2D eigenvalue weighted by Crippen LogP contribution is 2.47. The third-order valence-electron chi connectivity index (χ3n) is 6.30. The van der Waals surface area contributed by atoms with Crippen molar-refractivity contribution in [3.8, 4) is 17.2 Å². The zero-order chi connectivity index (χ0) is 22.2. The van der Waals surface area contributed by atoms with Crippen molar-refractivity contribution in [2.45, 2.75) is 38.5 Å². The van der Waals surface area contributed by atoms with E-state index in [9.17, 15) is 0 Å². The highest BCUT2D eigenvalue weighted by atomic mass is 16.5. The molecule has 164 valence electrons. The topological polar surface area (TPSA) is 43.3 Å². The Bertz CT molecular complexity index is 1150. The van der Waals surface area contributed by atoms with Crippen molar-refractivity contribution in [2.75, 3.05) is 14.2 Å². The third kappa shape index (κ3) is 3.48. The van der Waals surface area contributed by atoms with E-state index in [-0.39, 0.29) is 12.3 Å². The van der Waals surface area contributed by atoms with Gasteiger partial charge in [-0.3, -0.25) is 0 Å². The molecule has 0 bridgehead atoms. The first-order chi connectivity index (χ1) is 15.6. The maximum absolute atomic E-state index is 6.47. The number of ether oxygens (including phenoxy) is 3. The SMILES string of the molecule is COc1ccc(C2=NN3[C@H](C2)c2ccccc2O[C@@H]3c2ccc(C(C)C)cc2)cc1OC. The van der Waals surface area contributed by atoms with Crippen LogP contribution in [0.2, 0.25) is 0 Å². The van der Waals surface area contributed by atoms with E-state index in [1.165, 1.54) is 11.1 Å². The lowest BCUT2D eigenvalue weighted by Crippen LogP contribution is -2.33. The van der Waals surface area contributed by atoms with Gasteiger partial charge in [-0.25, -0.2) is 5.01 Å². The summed E-state index contributed by atoms with van der Waals surface area (Å²) in [4.78, 5) is 0. The van der Waals surface area contributed by atoms with Crippen molar-refractivity contribution in [1.29, 1.82) is 0 Å². The number of nitrogens with zero attached hydrogens (tertiary/aromatic N) is 2. The maximum Gasteiger partial charge on any atom is 0.213 e. The van der Waals surface area contributed by atoms with Crippen molar-refractivity contribution < 1.29 is 14.2 Å². The van der Waals surface area contributed by atoms with Crippen LogP contribution in [0.1, 0.15) is 60.7 Å². The predicted molar refractivity (Wildman–Crippen MR) is 126 cm³/mol. The summed E-state index contributed by atoms with van der Waals surface area (Å²) in [6.07, 6.45) is 0.532. The number of benzene rings is 3. The molecule has 3 aromatic carbocycles. The normalized spacial score (nSPS) is 19.2. The molecule has 2 aliphatic rings. The van der Waals surface area contributed by atoms with Gasteiger partial charge in [0.1, 0.15) is 5.75 Å². The summed E-state index contributed by atoms with van der Waals surface area (Å²) in [7, 11) is 3.30. The number of rotatable bonds is 5. The van der Waals surface area contributed by atoms with Gasteiger partial charge < -0.3 is 14.2 Å². The summed E-state index contributed by atoms with van der Waals surface area (Å²) in [5.41, 5.74) is 5.63. The van der Waals surface area contributed by atoms with Gasteiger partial charge in [0.15, 0.2) is 11.5 Å². The highest BCUT2D eigenvalue weighted by molar-refractivity contribution is 6.02. The molecule has 32 heavy (non-hydrogen) atoms. The summed E-state index contributed by atoms with van der Waals surface area (Å²) in [6.45, 7) is 4.41. The Morgan fingerprint density at radius 3 is 2.41 bits per heavy atom. The Balaban J connectivity index is 1.55. The first-order valence-corrected chi connectivity index (χ1v) is 11.0. The average Bonchev–Trinajstić information content (AvgIpc) is 3.29. The molecule has 0 radical (unpaired) electrons. The van der Waals surface area contributed by atoms with Gasteiger partial charge in [0.2, 0.25) is 6.23 Å². The van der Waals surface area contributed by atoms with E-state index in [1.54, 1.807) is 14.2 Å². The van der Waals surface area contributed by atoms with Gasteiger partial charge in [0.25, 0.3) is 0 Å². The summed E-state index contributed by atoms with van der Waals surface area (Å²) < 4.78 is 17.4. The zero-order valence-electron chi connectivity index (χ0n) is 18.9. The van der Waals surface area contributed by atoms with Gasteiger partial charge in [-0.1, -0.05) is 56.3 Å². The first-order valence-electron chi connectivity index (χ1n) is 11.0.